The molecule has 0 unspecified atom stereocenters. The molecule has 126 valence electrons. The van der Waals surface area contributed by atoms with Gasteiger partial charge in [0.2, 0.25) is 0 Å². The molecule has 0 fully saturated rings. The molecular weight excluding hydrogens is 310 g/mol. The van der Waals surface area contributed by atoms with E-state index < -0.39 is 0 Å². The van der Waals surface area contributed by atoms with Crippen LogP contribution in [-0.2, 0) is 17.9 Å². The van der Waals surface area contributed by atoms with Gasteiger partial charge in [-0.25, -0.2) is 0 Å². The summed E-state index contributed by atoms with van der Waals surface area (Å²) in [6, 6.07) is 18.5. The van der Waals surface area contributed by atoms with Gasteiger partial charge < -0.3 is 14.8 Å². The molecule has 0 aliphatic rings. The lowest BCUT2D eigenvalue weighted by atomic mass is 10.2. The van der Waals surface area contributed by atoms with Gasteiger partial charge in [-0.05, 0) is 43.1 Å². The molecule has 1 N–H and O–H groups in total. The van der Waals surface area contributed by atoms with E-state index in [-0.39, 0.29) is 12.4 Å². The molecule has 0 radical (unpaired) electrons. The lowest BCUT2D eigenvalue weighted by Crippen LogP contribution is -2.16. The van der Waals surface area contributed by atoms with E-state index in [0.29, 0.717) is 6.61 Å². The Hall–Kier alpha value is -1.55. The van der Waals surface area contributed by atoms with Gasteiger partial charge in [-0.2, -0.15) is 0 Å². The van der Waals surface area contributed by atoms with Crippen LogP contribution in [0.1, 0.15) is 24.5 Å². The smallest absolute Gasteiger partial charge is 0.119 e. The Balaban J connectivity index is 0.00000264. The minimum Gasteiger partial charge on any atom is -0.489 e. The quantitative estimate of drug-likeness (QED) is 0.660. The SMILES string of the molecule is CCOCCCNCc1ccc(OCc2ccccc2)cc1.Cl. The van der Waals surface area contributed by atoms with Crippen molar-refractivity contribution in [2.24, 2.45) is 0 Å². The molecule has 0 aromatic heterocycles. The van der Waals surface area contributed by atoms with Gasteiger partial charge >= 0.3 is 0 Å². The summed E-state index contributed by atoms with van der Waals surface area (Å²) in [5.74, 6) is 0.906. The summed E-state index contributed by atoms with van der Waals surface area (Å²) in [4.78, 5) is 0. The summed E-state index contributed by atoms with van der Waals surface area (Å²) in [5.41, 5.74) is 2.45. The number of halogens is 1. The monoisotopic (exact) mass is 335 g/mol. The van der Waals surface area contributed by atoms with Crippen LogP contribution in [0.4, 0.5) is 0 Å². The van der Waals surface area contributed by atoms with E-state index in [1.54, 1.807) is 0 Å². The Morgan fingerprint density at radius 1 is 0.913 bits per heavy atom. The molecule has 23 heavy (non-hydrogen) atoms. The molecule has 0 saturated carbocycles. The van der Waals surface area contributed by atoms with Gasteiger partial charge in [0.15, 0.2) is 0 Å². The normalized spacial score (nSPS) is 10.1. The van der Waals surface area contributed by atoms with Crippen molar-refractivity contribution in [1.82, 2.24) is 5.32 Å². The fourth-order valence-corrected chi connectivity index (χ4v) is 2.12. The molecule has 2 aromatic carbocycles. The van der Waals surface area contributed by atoms with Gasteiger partial charge in [-0.3, -0.25) is 0 Å². The lowest BCUT2D eigenvalue weighted by molar-refractivity contribution is 0.144. The first-order valence-electron chi connectivity index (χ1n) is 7.92. The van der Waals surface area contributed by atoms with Crippen molar-refractivity contribution in [3.05, 3.63) is 65.7 Å². The summed E-state index contributed by atoms with van der Waals surface area (Å²) >= 11 is 0. The van der Waals surface area contributed by atoms with E-state index >= 15 is 0 Å². The van der Waals surface area contributed by atoms with Crippen LogP contribution < -0.4 is 10.1 Å². The van der Waals surface area contributed by atoms with E-state index in [2.05, 4.69) is 29.6 Å². The predicted octanol–water partition coefficient (Wildman–Crippen LogP) is 4.20. The highest BCUT2D eigenvalue weighted by Gasteiger charge is 1.97. The van der Waals surface area contributed by atoms with Crippen LogP contribution in [0.3, 0.4) is 0 Å². The topological polar surface area (TPSA) is 30.5 Å². The molecule has 0 amide bonds. The Kier molecular flexibility index (Phi) is 10.1. The fourth-order valence-electron chi connectivity index (χ4n) is 2.12. The molecule has 0 atom stereocenters. The Bertz CT molecular complexity index is 517. The van der Waals surface area contributed by atoms with Crippen molar-refractivity contribution in [3.63, 3.8) is 0 Å². The van der Waals surface area contributed by atoms with Crippen molar-refractivity contribution in [2.45, 2.75) is 26.5 Å². The Morgan fingerprint density at radius 2 is 1.65 bits per heavy atom. The standard InChI is InChI=1S/C19H25NO2.ClH/c1-2-21-14-6-13-20-15-17-9-11-19(12-10-17)22-16-18-7-4-3-5-8-18;/h3-5,7-12,20H,2,6,13-16H2,1H3;1H. The maximum absolute atomic E-state index is 5.78. The van der Waals surface area contributed by atoms with Crippen LogP contribution in [0.5, 0.6) is 5.75 Å². The maximum Gasteiger partial charge on any atom is 0.119 e. The minimum absolute atomic E-state index is 0. The second-order valence-electron chi connectivity index (χ2n) is 5.15. The molecule has 0 aliphatic carbocycles. The third-order valence-electron chi connectivity index (χ3n) is 3.35. The fraction of sp³-hybridized carbons (Fsp3) is 0.368. The van der Waals surface area contributed by atoms with E-state index in [0.717, 1.165) is 38.5 Å². The molecule has 0 saturated heterocycles. The van der Waals surface area contributed by atoms with Crippen LogP contribution in [-0.4, -0.2) is 19.8 Å². The summed E-state index contributed by atoms with van der Waals surface area (Å²) in [5, 5.41) is 3.42. The number of nitrogens with one attached hydrogen (secondary N) is 1. The van der Waals surface area contributed by atoms with Crippen molar-refractivity contribution in [2.75, 3.05) is 19.8 Å². The molecule has 4 heteroatoms. The highest BCUT2D eigenvalue weighted by atomic mass is 35.5. The van der Waals surface area contributed by atoms with Crippen LogP contribution in [0.2, 0.25) is 0 Å². The van der Waals surface area contributed by atoms with Crippen LogP contribution in [0.15, 0.2) is 54.6 Å². The van der Waals surface area contributed by atoms with Gasteiger partial charge in [-0.1, -0.05) is 42.5 Å². The zero-order valence-electron chi connectivity index (χ0n) is 13.7. The van der Waals surface area contributed by atoms with Crippen molar-refractivity contribution >= 4 is 12.4 Å². The molecule has 0 spiro atoms. The second-order valence-corrected chi connectivity index (χ2v) is 5.15. The van der Waals surface area contributed by atoms with E-state index in [1.807, 2.05) is 37.3 Å². The summed E-state index contributed by atoms with van der Waals surface area (Å²) in [7, 11) is 0. The number of benzene rings is 2. The van der Waals surface area contributed by atoms with Gasteiger partial charge in [0.05, 0.1) is 0 Å². The second kappa shape index (κ2) is 11.9. The molecular formula is C19H26ClNO2. The average Bonchev–Trinajstić information content (AvgIpc) is 2.58. The van der Waals surface area contributed by atoms with E-state index in [9.17, 15) is 0 Å². The molecule has 0 heterocycles. The zero-order chi connectivity index (χ0) is 15.5. The van der Waals surface area contributed by atoms with Gasteiger partial charge in [-0.15, -0.1) is 12.4 Å². The number of rotatable bonds is 10. The largest absolute Gasteiger partial charge is 0.489 e. The first-order valence-corrected chi connectivity index (χ1v) is 7.92. The van der Waals surface area contributed by atoms with Crippen molar-refractivity contribution in [1.29, 1.82) is 0 Å². The summed E-state index contributed by atoms with van der Waals surface area (Å²) in [6.07, 6.45) is 1.05. The van der Waals surface area contributed by atoms with Crippen molar-refractivity contribution < 1.29 is 9.47 Å². The van der Waals surface area contributed by atoms with Crippen LogP contribution in [0, 0.1) is 0 Å². The van der Waals surface area contributed by atoms with Gasteiger partial charge in [0, 0.05) is 19.8 Å². The first-order chi connectivity index (χ1) is 10.9. The minimum atomic E-state index is 0. The molecule has 2 rings (SSSR count). The van der Waals surface area contributed by atoms with Gasteiger partial charge in [0.25, 0.3) is 0 Å². The van der Waals surface area contributed by atoms with E-state index in [4.69, 9.17) is 9.47 Å². The number of hydrogen-bond acceptors (Lipinski definition) is 3. The Labute approximate surface area is 145 Å². The maximum atomic E-state index is 5.78. The highest BCUT2D eigenvalue weighted by Crippen LogP contribution is 2.14. The molecule has 3 nitrogen and oxygen atoms in total. The average molecular weight is 336 g/mol. The molecule has 2 aromatic rings. The van der Waals surface area contributed by atoms with Gasteiger partial charge in [0.1, 0.15) is 12.4 Å². The molecule has 0 bridgehead atoms. The number of ether oxygens (including phenoxy) is 2. The third kappa shape index (κ3) is 8.03. The van der Waals surface area contributed by atoms with Crippen LogP contribution >= 0.6 is 12.4 Å². The number of hydrogen-bond donors (Lipinski definition) is 1. The summed E-state index contributed by atoms with van der Waals surface area (Å²) < 4.78 is 11.1. The van der Waals surface area contributed by atoms with Crippen LogP contribution in [0.25, 0.3) is 0 Å². The molecule has 0 aliphatic heterocycles. The lowest BCUT2D eigenvalue weighted by Gasteiger charge is -2.08. The highest BCUT2D eigenvalue weighted by molar-refractivity contribution is 5.85. The Morgan fingerprint density at radius 3 is 2.35 bits per heavy atom. The third-order valence-corrected chi connectivity index (χ3v) is 3.35. The van der Waals surface area contributed by atoms with E-state index in [1.165, 1.54) is 11.1 Å². The zero-order valence-corrected chi connectivity index (χ0v) is 14.5. The predicted molar refractivity (Wildman–Crippen MR) is 97.3 cm³/mol. The first kappa shape index (κ1) is 19.5. The van der Waals surface area contributed by atoms with Crippen molar-refractivity contribution in [3.8, 4) is 5.75 Å². The summed E-state index contributed by atoms with van der Waals surface area (Å²) in [6.45, 7) is 6.11.